The van der Waals surface area contributed by atoms with Gasteiger partial charge in [-0.25, -0.2) is 15.0 Å². The van der Waals surface area contributed by atoms with Crippen molar-refractivity contribution in [1.82, 2.24) is 24.8 Å². The third kappa shape index (κ3) is 6.54. The van der Waals surface area contributed by atoms with Gasteiger partial charge in [-0.15, -0.1) is 11.3 Å². The van der Waals surface area contributed by atoms with Gasteiger partial charge in [0.15, 0.2) is 16.7 Å². The number of hydrogen-bond donors (Lipinski definition) is 2. The van der Waals surface area contributed by atoms with Gasteiger partial charge in [0.2, 0.25) is 0 Å². The number of methoxy groups -OCH3 is 1. The van der Waals surface area contributed by atoms with Crippen molar-refractivity contribution in [2.45, 2.75) is 24.3 Å². The van der Waals surface area contributed by atoms with Gasteiger partial charge < -0.3 is 25.8 Å². The van der Waals surface area contributed by atoms with Gasteiger partial charge in [0.25, 0.3) is 0 Å². The van der Waals surface area contributed by atoms with Crippen LogP contribution < -0.4 is 20.9 Å². The zero-order chi connectivity index (χ0) is 24.9. The molecule has 2 aromatic heterocycles. The van der Waals surface area contributed by atoms with Gasteiger partial charge in [0.1, 0.15) is 23.3 Å². The zero-order valence-corrected chi connectivity index (χ0v) is 22.3. The van der Waals surface area contributed by atoms with Crippen LogP contribution in [0.15, 0.2) is 29.4 Å². The van der Waals surface area contributed by atoms with Crippen LogP contribution in [0.4, 0.5) is 11.6 Å². The number of hydrogen-bond acceptors (Lipinski definition) is 11. The number of nitrogen functional groups attached to an aromatic ring is 2. The molecule has 3 heterocycles. The average Bonchev–Trinajstić information content (AvgIpc) is 3.21. The number of benzene rings is 1. The smallest absolute Gasteiger partial charge is 0.192 e. The highest BCUT2D eigenvalue weighted by Crippen LogP contribution is 2.40. The van der Waals surface area contributed by atoms with E-state index in [2.05, 4.69) is 40.7 Å². The Kier molecular flexibility index (Phi) is 8.32. The fourth-order valence-electron chi connectivity index (χ4n) is 3.92. The van der Waals surface area contributed by atoms with E-state index in [1.165, 1.54) is 11.8 Å². The molecule has 0 saturated carbocycles. The van der Waals surface area contributed by atoms with Crippen molar-refractivity contribution in [3.05, 3.63) is 34.8 Å². The van der Waals surface area contributed by atoms with Gasteiger partial charge in [-0.1, -0.05) is 11.8 Å². The lowest BCUT2D eigenvalue weighted by Crippen LogP contribution is -2.45. The minimum atomic E-state index is 0.0405. The van der Waals surface area contributed by atoms with Crippen LogP contribution in [0.5, 0.6) is 11.5 Å². The molecule has 11 heteroatoms. The number of aromatic nitrogens is 3. The topological polar surface area (TPSA) is 116 Å². The van der Waals surface area contributed by atoms with Crippen LogP contribution >= 0.6 is 23.1 Å². The molecular formula is C24H33N7O2S2. The standard InChI is InChI=1S/C24H33N7O2S2/c1-15-22(16(2)35-24-27-20(25)14-21(26)28-24)29-23(34-15)17-5-6-18(32-4)19(13-17)33-12-11-31-9-7-30(3)8-10-31/h5-6,13-14,16H,7-12H2,1-4H3,(H4,25,26,27,28)/t16-/m0/s1. The Morgan fingerprint density at radius 3 is 2.46 bits per heavy atom. The summed E-state index contributed by atoms with van der Waals surface area (Å²) < 4.78 is 11.7. The van der Waals surface area contributed by atoms with Crippen LogP contribution in [0.3, 0.4) is 0 Å². The molecular weight excluding hydrogens is 482 g/mol. The summed E-state index contributed by atoms with van der Waals surface area (Å²) >= 11 is 3.15. The molecule has 35 heavy (non-hydrogen) atoms. The first-order valence-corrected chi connectivity index (χ1v) is 13.3. The number of piperazine rings is 1. The van der Waals surface area contributed by atoms with E-state index >= 15 is 0 Å². The average molecular weight is 516 g/mol. The lowest BCUT2D eigenvalue weighted by molar-refractivity contribution is 0.133. The summed E-state index contributed by atoms with van der Waals surface area (Å²) in [7, 11) is 3.83. The second-order valence-corrected chi connectivity index (χ2v) is 11.1. The third-order valence-electron chi connectivity index (χ3n) is 5.92. The fraction of sp³-hybridized carbons (Fsp3) is 0.458. The van der Waals surface area contributed by atoms with Crippen LogP contribution in [0.25, 0.3) is 10.6 Å². The molecule has 1 aliphatic heterocycles. The minimum Gasteiger partial charge on any atom is -0.493 e. The maximum absolute atomic E-state index is 6.16. The first-order chi connectivity index (χ1) is 16.8. The van der Waals surface area contributed by atoms with Crippen molar-refractivity contribution in [3.63, 3.8) is 0 Å². The molecule has 1 atom stereocenters. The normalized spacial score (nSPS) is 15.8. The number of aryl methyl sites for hydroxylation is 1. The molecule has 3 aromatic rings. The van der Waals surface area contributed by atoms with Crippen molar-refractivity contribution in [2.75, 3.05) is 65.0 Å². The van der Waals surface area contributed by atoms with Crippen LogP contribution in [0.2, 0.25) is 0 Å². The Morgan fingerprint density at radius 1 is 1.06 bits per heavy atom. The van der Waals surface area contributed by atoms with Crippen molar-refractivity contribution < 1.29 is 9.47 Å². The van der Waals surface area contributed by atoms with Gasteiger partial charge >= 0.3 is 0 Å². The zero-order valence-electron chi connectivity index (χ0n) is 20.7. The molecule has 0 bridgehead atoms. The number of rotatable bonds is 9. The fourth-order valence-corrected chi connectivity index (χ4v) is 5.97. The van der Waals surface area contributed by atoms with Crippen LogP contribution in [0, 0.1) is 6.92 Å². The molecule has 4 N–H and O–H groups in total. The molecule has 1 saturated heterocycles. The summed E-state index contributed by atoms with van der Waals surface area (Å²) in [5.74, 6) is 2.18. The highest BCUT2D eigenvalue weighted by atomic mass is 32.2. The van der Waals surface area contributed by atoms with Crippen molar-refractivity contribution >= 4 is 34.7 Å². The maximum Gasteiger partial charge on any atom is 0.192 e. The molecule has 0 spiro atoms. The van der Waals surface area contributed by atoms with E-state index in [1.54, 1.807) is 24.5 Å². The molecule has 0 aliphatic carbocycles. The quantitative estimate of drug-likeness (QED) is 0.324. The second kappa shape index (κ2) is 11.4. The monoisotopic (exact) mass is 515 g/mol. The lowest BCUT2D eigenvalue weighted by Gasteiger charge is -2.32. The summed E-state index contributed by atoms with van der Waals surface area (Å²) in [6.45, 7) is 10.0. The highest BCUT2D eigenvalue weighted by molar-refractivity contribution is 7.99. The molecule has 9 nitrogen and oxygen atoms in total. The Labute approximate surface area is 214 Å². The largest absolute Gasteiger partial charge is 0.493 e. The number of nitrogens with two attached hydrogens (primary N) is 2. The van der Waals surface area contributed by atoms with E-state index in [9.17, 15) is 0 Å². The Morgan fingerprint density at radius 2 is 1.77 bits per heavy atom. The van der Waals surface area contributed by atoms with Crippen molar-refractivity contribution in [2.24, 2.45) is 0 Å². The summed E-state index contributed by atoms with van der Waals surface area (Å²) in [5, 5.41) is 1.52. The first kappa shape index (κ1) is 25.5. The number of likely N-dealkylation sites (N-methyl/N-ethyl adjacent to an activating group) is 1. The molecule has 1 fully saturated rings. The van der Waals surface area contributed by atoms with Crippen molar-refractivity contribution in [1.29, 1.82) is 0 Å². The van der Waals surface area contributed by atoms with E-state index in [0.29, 0.717) is 23.4 Å². The number of thiazole rings is 1. The third-order valence-corrected chi connectivity index (χ3v) is 7.92. The van der Waals surface area contributed by atoms with E-state index in [4.69, 9.17) is 25.9 Å². The van der Waals surface area contributed by atoms with E-state index < -0.39 is 0 Å². The highest BCUT2D eigenvalue weighted by Gasteiger charge is 2.20. The molecule has 0 radical (unpaired) electrons. The molecule has 4 rings (SSSR count). The molecule has 1 aliphatic rings. The summed E-state index contributed by atoms with van der Waals surface area (Å²) in [5.41, 5.74) is 13.6. The summed E-state index contributed by atoms with van der Waals surface area (Å²) in [6.07, 6.45) is 0. The summed E-state index contributed by atoms with van der Waals surface area (Å²) in [6, 6.07) is 7.53. The van der Waals surface area contributed by atoms with Gasteiger partial charge in [-0.2, -0.15) is 0 Å². The second-order valence-electron chi connectivity index (χ2n) is 8.58. The molecule has 1 aromatic carbocycles. The maximum atomic E-state index is 6.16. The predicted octanol–water partition coefficient (Wildman–Crippen LogP) is 3.56. The van der Waals surface area contributed by atoms with Gasteiger partial charge in [0, 0.05) is 49.2 Å². The SMILES string of the molecule is COc1ccc(-c2nc([C@H](C)Sc3nc(N)cc(N)n3)c(C)s2)cc1OCCN1CCN(C)CC1. The first-order valence-electron chi connectivity index (χ1n) is 11.6. The van der Waals surface area contributed by atoms with E-state index in [-0.39, 0.29) is 5.25 Å². The number of thioether (sulfide) groups is 1. The predicted molar refractivity (Wildman–Crippen MR) is 143 cm³/mol. The number of ether oxygens (including phenoxy) is 2. The Bertz CT molecular complexity index is 1130. The van der Waals surface area contributed by atoms with Crippen molar-refractivity contribution in [3.8, 4) is 22.1 Å². The van der Waals surface area contributed by atoms with Gasteiger partial charge in [0.05, 0.1) is 18.1 Å². The molecule has 188 valence electrons. The lowest BCUT2D eigenvalue weighted by atomic mass is 10.2. The van der Waals surface area contributed by atoms with E-state index in [0.717, 1.165) is 65.4 Å². The van der Waals surface area contributed by atoms with Gasteiger partial charge in [-0.3, -0.25) is 4.90 Å². The van der Waals surface area contributed by atoms with Crippen LogP contribution in [-0.2, 0) is 0 Å². The Balaban J connectivity index is 1.46. The molecule has 0 amide bonds. The van der Waals surface area contributed by atoms with Crippen LogP contribution in [-0.4, -0.2) is 78.2 Å². The van der Waals surface area contributed by atoms with E-state index in [1.807, 2.05) is 18.2 Å². The summed E-state index contributed by atoms with van der Waals surface area (Å²) in [4.78, 5) is 19.4. The molecule has 0 unspecified atom stereocenters. The minimum absolute atomic E-state index is 0.0405. The van der Waals surface area contributed by atoms with Crippen LogP contribution in [0.1, 0.15) is 22.7 Å². The number of anilines is 2. The Hall–Kier alpha value is -2.60. The van der Waals surface area contributed by atoms with Gasteiger partial charge in [-0.05, 0) is 39.1 Å². The number of nitrogens with zero attached hydrogens (tertiary/aromatic N) is 5.